The molecule has 1 aromatic rings. The van der Waals surface area contributed by atoms with Gasteiger partial charge in [0.25, 0.3) is 0 Å². The number of nitrogens with one attached hydrogen (secondary N) is 1. The molecular weight excluding hydrogens is 305 g/mol. The van der Waals surface area contributed by atoms with Crippen LogP contribution in [0, 0.1) is 11.7 Å². The first-order valence-electron chi connectivity index (χ1n) is 7.71. The molecule has 0 aromatic heterocycles. The van der Waals surface area contributed by atoms with E-state index in [-0.39, 0.29) is 24.1 Å². The first-order valence-corrected chi connectivity index (χ1v) is 7.71. The summed E-state index contributed by atoms with van der Waals surface area (Å²) in [5.41, 5.74) is 0.668. The normalized spacial score (nSPS) is 20.8. The summed E-state index contributed by atoms with van der Waals surface area (Å²) in [5.74, 6) is 0.470. The molecule has 2 aliphatic rings. The molecule has 0 spiro atoms. The summed E-state index contributed by atoms with van der Waals surface area (Å²) in [7, 11) is 0. The Balaban J connectivity index is 0.00000176. The van der Waals surface area contributed by atoms with Gasteiger partial charge in [-0.3, -0.25) is 9.69 Å². The molecule has 3 rings (SSSR count). The highest BCUT2D eigenvalue weighted by atomic mass is 35.5. The van der Waals surface area contributed by atoms with Crippen LogP contribution in [0.3, 0.4) is 0 Å². The Morgan fingerprint density at radius 3 is 2.68 bits per heavy atom. The van der Waals surface area contributed by atoms with E-state index >= 15 is 0 Å². The maximum Gasteiger partial charge on any atom is 0.241 e. The van der Waals surface area contributed by atoms with E-state index in [1.165, 1.54) is 25.0 Å². The molecule has 4 nitrogen and oxygen atoms in total. The molecule has 2 heterocycles. The van der Waals surface area contributed by atoms with Crippen molar-refractivity contribution in [2.24, 2.45) is 5.92 Å². The molecule has 2 aliphatic heterocycles. The second kappa shape index (κ2) is 7.90. The summed E-state index contributed by atoms with van der Waals surface area (Å²) in [5, 5.41) is 3.37. The maximum absolute atomic E-state index is 13.3. The second-order valence-corrected chi connectivity index (χ2v) is 5.95. The SMILES string of the molecule is Cl.O=C1CN(CC2CCNCC2)CCN1c1cccc(F)c1. The van der Waals surface area contributed by atoms with E-state index in [9.17, 15) is 9.18 Å². The third-order valence-corrected chi connectivity index (χ3v) is 4.39. The van der Waals surface area contributed by atoms with Crippen molar-refractivity contribution >= 4 is 24.0 Å². The minimum absolute atomic E-state index is 0. The number of benzene rings is 1. The average molecular weight is 328 g/mol. The van der Waals surface area contributed by atoms with Gasteiger partial charge < -0.3 is 10.2 Å². The van der Waals surface area contributed by atoms with Gasteiger partial charge in [0.05, 0.1) is 6.54 Å². The predicted molar refractivity (Wildman–Crippen MR) is 88.0 cm³/mol. The number of halogens is 2. The van der Waals surface area contributed by atoms with E-state index in [1.54, 1.807) is 17.0 Å². The van der Waals surface area contributed by atoms with Gasteiger partial charge in [-0.25, -0.2) is 4.39 Å². The smallest absolute Gasteiger partial charge is 0.241 e. The zero-order valence-electron chi connectivity index (χ0n) is 12.6. The van der Waals surface area contributed by atoms with Crippen molar-refractivity contribution in [2.45, 2.75) is 12.8 Å². The second-order valence-electron chi connectivity index (χ2n) is 5.95. The Labute approximate surface area is 137 Å². The van der Waals surface area contributed by atoms with Gasteiger partial charge in [-0.2, -0.15) is 0 Å². The summed E-state index contributed by atoms with van der Waals surface area (Å²) in [6.07, 6.45) is 2.39. The van der Waals surface area contributed by atoms with E-state index in [4.69, 9.17) is 0 Å². The molecule has 0 unspecified atom stereocenters. The first-order chi connectivity index (χ1) is 10.2. The first kappa shape index (κ1) is 17.2. The molecule has 2 saturated heterocycles. The lowest BCUT2D eigenvalue weighted by atomic mass is 9.97. The molecule has 0 saturated carbocycles. The van der Waals surface area contributed by atoms with Crippen molar-refractivity contribution < 1.29 is 9.18 Å². The van der Waals surface area contributed by atoms with Crippen molar-refractivity contribution in [1.82, 2.24) is 10.2 Å². The summed E-state index contributed by atoms with van der Waals surface area (Å²) >= 11 is 0. The van der Waals surface area contributed by atoms with Gasteiger partial charge in [-0.05, 0) is 50.0 Å². The molecule has 0 radical (unpaired) electrons. The maximum atomic E-state index is 13.3. The van der Waals surface area contributed by atoms with Crippen LogP contribution in [-0.4, -0.2) is 50.1 Å². The van der Waals surface area contributed by atoms with E-state index in [0.29, 0.717) is 24.7 Å². The third-order valence-electron chi connectivity index (χ3n) is 4.39. The Morgan fingerprint density at radius 2 is 2.00 bits per heavy atom. The lowest BCUT2D eigenvalue weighted by Crippen LogP contribution is -2.52. The fourth-order valence-corrected chi connectivity index (χ4v) is 3.22. The number of anilines is 1. The molecule has 0 atom stereocenters. The number of piperidine rings is 1. The molecule has 0 bridgehead atoms. The van der Waals surface area contributed by atoms with Gasteiger partial charge in [0.2, 0.25) is 5.91 Å². The van der Waals surface area contributed by atoms with Crippen molar-refractivity contribution in [2.75, 3.05) is 44.2 Å². The largest absolute Gasteiger partial charge is 0.317 e. The topological polar surface area (TPSA) is 35.6 Å². The van der Waals surface area contributed by atoms with E-state index in [0.717, 1.165) is 26.2 Å². The summed E-state index contributed by atoms with van der Waals surface area (Å²) in [6, 6.07) is 6.28. The highest BCUT2D eigenvalue weighted by Crippen LogP contribution is 2.20. The Bertz CT molecular complexity index is 508. The Morgan fingerprint density at radius 1 is 1.23 bits per heavy atom. The number of rotatable bonds is 3. The van der Waals surface area contributed by atoms with E-state index < -0.39 is 0 Å². The summed E-state index contributed by atoms with van der Waals surface area (Å²) in [6.45, 7) is 5.13. The average Bonchev–Trinajstić information content (AvgIpc) is 2.48. The summed E-state index contributed by atoms with van der Waals surface area (Å²) < 4.78 is 13.3. The van der Waals surface area contributed by atoms with Crippen molar-refractivity contribution in [3.63, 3.8) is 0 Å². The van der Waals surface area contributed by atoms with Crippen LogP contribution in [-0.2, 0) is 4.79 Å². The molecule has 122 valence electrons. The number of hydrogen-bond donors (Lipinski definition) is 1. The molecule has 1 amide bonds. The minimum Gasteiger partial charge on any atom is -0.317 e. The van der Waals surface area contributed by atoms with Crippen LogP contribution in [0.25, 0.3) is 0 Å². The Kier molecular flexibility index (Phi) is 6.17. The molecular formula is C16H23ClFN3O. The molecule has 22 heavy (non-hydrogen) atoms. The monoisotopic (exact) mass is 327 g/mol. The fraction of sp³-hybridized carbons (Fsp3) is 0.562. The molecule has 1 aromatic carbocycles. The Hall–Kier alpha value is -1.17. The number of carbonyl (C=O) groups is 1. The quantitative estimate of drug-likeness (QED) is 0.921. The lowest BCUT2D eigenvalue weighted by Gasteiger charge is -2.36. The van der Waals surface area contributed by atoms with Crippen molar-refractivity contribution in [1.29, 1.82) is 0 Å². The van der Waals surface area contributed by atoms with Gasteiger partial charge in [0.15, 0.2) is 0 Å². The van der Waals surface area contributed by atoms with Gasteiger partial charge in [0.1, 0.15) is 5.82 Å². The summed E-state index contributed by atoms with van der Waals surface area (Å²) in [4.78, 5) is 16.2. The van der Waals surface area contributed by atoms with Crippen molar-refractivity contribution in [3.05, 3.63) is 30.1 Å². The molecule has 2 fully saturated rings. The number of nitrogens with zero attached hydrogens (tertiary/aromatic N) is 2. The van der Waals surface area contributed by atoms with Crippen LogP contribution < -0.4 is 10.2 Å². The molecule has 1 N–H and O–H groups in total. The fourth-order valence-electron chi connectivity index (χ4n) is 3.22. The van der Waals surface area contributed by atoms with Gasteiger partial charge in [-0.15, -0.1) is 12.4 Å². The molecule has 6 heteroatoms. The number of hydrogen-bond acceptors (Lipinski definition) is 3. The number of piperazine rings is 1. The highest BCUT2D eigenvalue weighted by Gasteiger charge is 2.27. The van der Waals surface area contributed by atoms with Crippen LogP contribution in [0.1, 0.15) is 12.8 Å². The number of amides is 1. The van der Waals surface area contributed by atoms with Gasteiger partial charge in [-0.1, -0.05) is 6.07 Å². The van der Waals surface area contributed by atoms with E-state index in [2.05, 4.69) is 10.2 Å². The van der Waals surface area contributed by atoms with Gasteiger partial charge in [0, 0.05) is 25.3 Å². The van der Waals surface area contributed by atoms with Crippen LogP contribution in [0.4, 0.5) is 10.1 Å². The zero-order chi connectivity index (χ0) is 14.7. The lowest BCUT2D eigenvalue weighted by molar-refractivity contribution is -0.121. The van der Waals surface area contributed by atoms with Crippen LogP contribution in [0.5, 0.6) is 0 Å². The third kappa shape index (κ3) is 4.18. The highest BCUT2D eigenvalue weighted by molar-refractivity contribution is 5.95. The van der Waals surface area contributed by atoms with Gasteiger partial charge >= 0.3 is 0 Å². The minimum atomic E-state index is -0.294. The predicted octanol–water partition coefficient (Wildman–Crippen LogP) is 1.90. The standard InChI is InChI=1S/C16H22FN3O.ClH/c17-14-2-1-3-15(10-14)20-9-8-19(12-16(20)21)11-13-4-6-18-7-5-13;/h1-3,10,13,18H,4-9,11-12H2;1H. The van der Waals surface area contributed by atoms with Crippen LogP contribution in [0.15, 0.2) is 24.3 Å². The van der Waals surface area contributed by atoms with Crippen molar-refractivity contribution in [3.8, 4) is 0 Å². The van der Waals surface area contributed by atoms with E-state index in [1.807, 2.05) is 0 Å². The zero-order valence-corrected chi connectivity index (χ0v) is 13.4. The number of carbonyl (C=O) groups excluding carboxylic acids is 1. The van der Waals surface area contributed by atoms with Crippen LogP contribution >= 0.6 is 12.4 Å². The van der Waals surface area contributed by atoms with Crippen LogP contribution in [0.2, 0.25) is 0 Å². The molecule has 0 aliphatic carbocycles.